The first kappa shape index (κ1) is 31.0. The minimum atomic E-state index is -0.133. The Labute approximate surface area is 246 Å². The van der Waals surface area contributed by atoms with Gasteiger partial charge in [0.2, 0.25) is 5.91 Å². The van der Waals surface area contributed by atoms with Crippen LogP contribution in [-0.4, -0.2) is 73.2 Å². The summed E-state index contributed by atoms with van der Waals surface area (Å²) in [5.41, 5.74) is 3.69. The first-order valence-corrected chi connectivity index (χ1v) is 15.6. The molecule has 1 saturated heterocycles. The number of aromatic nitrogens is 1. The van der Waals surface area contributed by atoms with Crippen molar-refractivity contribution in [3.05, 3.63) is 29.8 Å². The van der Waals surface area contributed by atoms with E-state index in [1.54, 1.807) is 11.3 Å². The number of rotatable bonds is 8. The van der Waals surface area contributed by atoms with Gasteiger partial charge in [0.15, 0.2) is 0 Å². The Morgan fingerprint density at radius 3 is 2.49 bits per heavy atom. The summed E-state index contributed by atoms with van der Waals surface area (Å²) in [6.07, 6.45) is 11.8. The second-order valence-electron chi connectivity index (χ2n) is 11.1. The van der Waals surface area contributed by atoms with E-state index < -0.39 is 0 Å². The first-order valence-electron chi connectivity index (χ1n) is 14.8. The summed E-state index contributed by atoms with van der Waals surface area (Å²) in [5, 5.41) is 4.12. The van der Waals surface area contributed by atoms with Crippen LogP contribution in [-0.2, 0) is 23.9 Å². The van der Waals surface area contributed by atoms with E-state index >= 15 is 0 Å². The lowest BCUT2D eigenvalue weighted by atomic mass is 10.0. The molecule has 2 saturated carbocycles. The van der Waals surface area contributed by atoms with Crippen molar-refractivity contribution in [2.75, 3.05) is 33.3 Å². The molecule has 2 aliphatic carbocycles. The Balaban J connectivity index is 0.000000230. The van der Waals surface area contributed by atoms with E-state index in [0.29, 0.717) is 18.3 Å². The fourth-order valence-electron chi connectivity index (χ4n) is 5.27. The van der Waals surface area contributed by atoms with Gasteiger partial charge in [0.1, 0.15) is 11.7 Å². The maximum atomic E-state index is 12.2. The molecule has 2 aliphatic heterocycles. The van der Waals surface area contributed by atoms with Crippen molar-refractivity contribution >= 4 is 45.5 Å². The molecule has 9 nitrogen and oxygen atoms in total. The Morgan fingerprint density at radius 2 is 1.93 bits per heavy atom. The van der Waals surface area contributed by atoms with Crippen LogP contribution in [0.15, 0.2) is 24.3 Å². The number of likely N-dealkylation sites (tertiary alicyclic amines) is 1. The van der Waals surface area contributed by atoms with Gasteiger partial charge in [-0.2, -0.15) is 0 Å². The molecule has 1 amide bonds. The number of nitrogens with zero attached hydrogens (tertiary/aromatic N) is 2. The molecule has 3 fully saturated rings. The highest BCUT2D eigenvalue weighted by Crippen LogP contribution is 2.43. The summed E-state index contributed by atoms with van der Waals surface area (Å²) >= 11 is 1.63. The van der Waals surface area contributed by atoms with Crippen LogP contribution in [0.2, 0.25) is 0 Å². The molecule has 224 valence electrons. The quantitative estimate of drug-likeness (QED) is 0.336. The number of nitrogens with one attached hydrogen (secondary N) is 1. The highest BCUT2D eigenvalue weighted by molar-refractivity contribution is 7.20. The lowest BCUT2D eigenvalue weighted by Crippen LogP contribution is -2.42. The molecule has 0 bridgehead atoms. The van der Waals surface area contributed by atoms with Crippen LogP contribution >= 0.6 is 11.3 Å². The van der Waals surface area contributed by atoms with Gasteiger partial charge >= 0.3 is 5.97 Å². The van der Waals surface area contributed by atoms with Crippen LogP contribution < -0.4 is 10.1 Å². The molecule has 1 N–H and O–H groups in total. The van der Waals surface area contributed by atoms with Crippen LogP contribution in [0.25, 0.3) is 15.8 Å². The van der Waals surface area contributed by atoms with Gasteiger partial charge in [-0.25, -0.2) is 4.98 Å². The fraction of sp³-hybridized carbons (Fsp3) is 0.613. The van der Waals surface area contributed by atoms with Gasteiger partial charge in [0, 0.05) is 45.3 Å². The molecule has 0 unspecified atom stereocenters. The number of carbonyl (C=O) groups is 3. The molecule has 1 aromatic heterocycles. The van der Waals surface area contributed by atoms with Crippen LogP contribution in [0.3, 0.4) is 0 Å². The number of fused-ring (bicyclic) bond motifs is 1. The zero-order valence-electron chi connectivity index (χ0n) is 24.5. The van der Waals surface area contributed by atoms with Crippen molar-refractivity contribution in [3.8, 4) is 5.19 Å². The predicted octanol–water partition coefficient (Wildman–Crippen LogP) is 5.12. The van der Waals surface area contributed by atoms with Gasteiger partial charge < -0.3 is 24.4 Å². The average molecular weight is 586 g/mol. The van der Waals surface area contributed by atoms with Crippen molar-refractivity contribution in [2.24, 2.45) is 5.92 Å². The maximum absolute atomic E-state index is 12.2. The van der Waals surface area contributed by atoms with Crippen molar-refractivity contribution in [1.29, 1.82) is 0 Å². The van der Waals surface area contributed by atoms with Crippen LogP contribution in [0.1, 0.15) is 77.2 Å². The van der Waals surface area contributed by atoms with Crippen molar-refractivity contribution in [1.82, 2.24) is 15.2 Å². The smallest absolute Gasteiger partial charge is 0.303 e. The van der Waals surface area contributed by atoms with Gasteiger partial charge in [-0.1, -0.05) is 36.8 Å². The van der Waals surface area contributed by atoms with Crippen LogP contribution in [0, 0.1) is 5.92 Å². The maximum Gasteiger partial charge on any atom is 0.303 e. The molecule has 3 heterocycles. The van der Waals surface area contributed by atoms with Gasteiger partial charge in [-0.15, -0.1) is 0 Å². The molecule has 0 spiro atoms. The summed E-state index contributed by atoms with van der Waals surface area (Å²) in [6, 6.07) is 6.52. The van der Waals surface area contributed by atoms with E-state index in [1.165, 1.54) is 29.9 Å². The summed E-state index contributed by atoms with van der Waals surface area (Å²) in [6.45, 7) is 7.60. The molecular weight excluding hydrogens is 542 g/mol. The fourth-order valence-corrected chi connectivity index (χ4v) is 6.19. The Morgan fingerprint density at radius 1 is 1.20 bits per heavy atom. The third-order valence-corrected chi connectivity index (χ3v) is 8.63. The Hall–Kier alpha value is -2.98. The zero-order valence-corrected chi connectivity index (χ0v) is 25.3. The van der Waals surface area contributed by atoms with Crippen molar-refractivity contribution in [2.45, 2.75) is 83.3 Å². The lowest BCUT2D eigenvalue weighted by molar-refractivity contribution is -0.148. The normalized spacial score (nSPS) is 19.5. The largest absolute Gasteiger partial charge is 0.471 e. The number of carbonyl (C=O) groups excluding carboxylic acids is 3. The number of hydrogen-bond donors (Lipinski definition) is 1. The van der Waals surface area contributed by atoms with E-state index in [1.807, 2.05) is 4.90 Å². The second kappa shape index (κ2) is 14.8. The van der Waals surface area contributed by atoms with E-state index in [9.17, 15) is 9.59 Å². The number of piperidine rings is 1. The molecule has 1 aromatic carbocycles. The van der Waals surface area contributed by atoms with E-state index in [-0.39, 0.29) is 17.7 Å². The van der Waals surface area contributed by atoms with Gasteiger partial charge in [0.25, 0.3) is 11.7 Å². The molecule has 0 atom stereocenters. The molecule has 41 heavy (non-hydrogen) atoms. The molecule has 4 aliphatic rings. The molecule has 0 radical (unpaired) electrons. The number of benzene rings is 1. The SMILES string of the molecule is CCCC1(OC(C)=O)CC1.COC=O.O=C(C1CC1)N1CCC(Oc2nc3ccc(C4=CCNCC4)cc3s2)CC1. The molecule has 10 heteroatoms. The highest BCUT2D eigenvalue weighted by Gasteiger charge is 2.45. The van der Waals surface area contributed by atoms with E-state index in [0.717, 1.165) is 94.7 Å². The topological polar surface area (TPSA) is 107 Å². The number of thiazole rings is 1. The van der Waals surface area contributed by atoms with Gasteiger partial charge in [0.05, 0.1) is 17.3 Å². The first-order chi connectivity index (χ1) is 19.9. The average Bonchev–Trinajstić information content (AvgIpc) is 3.92. The molecule has 6 rings (SSSR count). The Bertz CT molecular complexity index is 1210. The number of methoxy groups -OCH3 is 1. The van der Waals surface area contributed by atoms with Crippen molar-refractivity contribution in [3.63, 3.8) is 0 Å². The Kier molecular flexibility index (Phi) is 11.2. The zero-order chi connectivity index (χ0) is 29.2. The molecule has 2 aromatic rings. The number of hydrogen-bond acceptors (Lipinski definition) is 9. The third-order valence-electron chi connectivity index (χ3n) is 7.72. The lowest BCUT2D eigenvalue weighted by Gasteiger charge is -2.31. The minimum absolute atomic E-state index is 0.0272. The summed E-state index contributed by atoms with van der Waals surface area (Å²) < 4.78 is 16.4. The van der Waals surface area contributed by atoms with Crippen molar-refractivity contribution < 1.29 is 28.6 Å². The third kappa shape index (κ3) is 9.26. The molecular formula is C31H43N3O6S. The van der Waals surface area contributed by atoms with Gasteiger partial charge in [-0.05, 0) is 68.3 Å². The number of ether oxygens (including phenoxy) is 3. The van der Waals surface area contributed by atoms with Crippen LogP contribution in [0.5, 0.6) is 5.19 Å². The van der Waals surface area contributed by atoms with Gasteiger partial charge in [-0.3, -0.25) is 14.4 Å². The van der Waals surface area contributed by atoms with E-state index in [4.69, 9.17) is 14.3 Å². The monoisotopic (exact) mass is 585 g/mol. The summed E-state index contributed by atoms with van der Waals surface area (Å²) in [7, 11) is 1.31. The summed E-state index contributed by atoms with van der Waals surface area (Å²) in [4.78, 5) is 38.4. The number of esters is 1. The van der Waals surface area contributed by atoms with Crippen LogP contribution in [0.4, 0.5) is 0 Å². The van der Waals surface area contributed by atoms with E-state index in [2.05, 4.69) is 46.2 Å². The number of amides is 1. The second-order valence-corrected chi connectivity index (χ2v) is 12.1. The minimum Gasteiger partial charge on any atom is -0.471 e. The predicted molar refractivity (Wildman–Crippen MR) is 160 cm³/mol. The standard InChI is InChI=1S/C21H25N3O2S.C8H14O2.C2H4O2/c25-20(15-1-2-15)24-11-7-17(8-12-24)26-21-23-18-4-3-16(13-19(18)27-21)14-5-9-22-10-6-14;1-3-4-8(5-6-8)10-7(2)9;1-4-2-3/h3-5,13,15,17,22H,1-2,6-12H2;3-6H2,1-2H3;2H,1H3. The summed E-state index contributed by atoms with van der Waals surface area (Å²) in [5.74, 6) is 0.537. The highest BCUT2D eigenvalue weighted by atomic mass is 32.1.